The first-order valence-electron chi connectivity index (χ1n) is 5.67. The molecule has 1 heterocycles. The molecular formula is C12H20N2O2. The van der Waals surface area contributed by atoms with E-state index in [1.807, 2.05) is 6.92 Å². The van der Waals surface area contributed by atoms with Gasteiger partial charge in [-0.05, 0) is 19.8 Å². The second-order valence-electron chi connectivity index (χ2n) is 4.17. The fourth-order valence-corrected chi connectivity index (χ4v) is 1.99. The van der Waals surface area contributed by atoms with Crippen molar-refractivity contribution in [3.8, 4) is 12.3 Å². The van der Waals surface area contributed by atoms with Gasteiger partial charge in [0.25, 0.3) is 0 Å². The van der Waals surface area contributed by atoms with Crippen molar-refractivity contribution < 1.29 is 9.53 Å². The van der Waals surface area contributed by atoms with Crippen molar-refractivity contribution >= 4 is 5.97 Å². The predicted molar refractivity (Wildman–Crippen MR) is 62.9 cm³/mol. The average Bonchev–Trinajstić information content (AvgIpc) is 2.31. The Morgan fingerprint density at radius 2 is 2.25 bits per heavy atom. The van der Waals surface area contributed by atoms with Crippen molar-refractivity contribution in [1.82, 2.24) is 10.2 Å². The van der Waals surface area contributed by atoms with E-state index in [4.69, 9.17) is 6.42 Å². The van der Waals surface area contributed by atoms with Crippen LogP contribution in [0.1, 0.15) is 19.8 Å². The van der Waals surface area contributed by atoms with E-state index in [-0.39, 0.29) is 12.0 Å². The minimum atomic E-state index is -0.228. The highest BCUT2D eigenvalue weighted by molar-refractivity contribution is 5.75. The maximum Gasteiger partial charge on any atom is 0.322 e. The van der Waals surface area contributed by atoms with Crippen LogP contribution in [0.4, 0.5) is 0 Å². The Balaban J connectivity index is 2.27. The first kappa shape index (κ1) is 13.0. The van der Waals surface area contributed by atoms with E-state index in [0.29, 0.717) is 6.04 Å². The highest BCUT2D eigenvalue weighted by atomic mass is 16.5. The van der Waals surface area contributed by atoms with Gasteiger partial charge in [-0.3, -0.25) is 9.69 Å². The fourth-order valence-electron chi connectivity index (χ4n) is 1.99. The molecule has 0 bridgehead atoms. The summed E-state index contributed by atoms with van der Waals surface area (Å²) >= 11 is 0. The van der Waals surface area contributed by atoms with Crippen LogP contribution >= 0.6 is 0 Å². The Labute approximate surface area is 97.3 Å². The van der Waals surface area contributed by atoms with Crippen LogP contribution in [0.5, 0.6) is 0 Å². The van der Waals surface area contributed by atoms with Gasteiger partial charge in [0.1, 0.15) is 6.04 Å². The van der Waals surface area contributed by atoms with Gasteiger partial charge in [0.05, 0.1) is 13.7 Å². The molecule has 0 spiro atoms. The Morgan fingerprint density at radius 1 is 1.62 bits per heavy atom. The van der Waals surface area contributed by atoms with E-state index in [0.717, 1.165) is 32.5 Å². The molecule has 0 aliphatic carbocycles. The highest BCUT2D eigenvalue weighted by Crippen LogP contribution is 2.10. The molecule has 0 unspecified atom stereocenters. The van der Waals surface area contributed by atoms with Crippen LogP contribution in [0.3, 0.4) is 0 Å². The van der Waals surface area contributed by atoms with Crippen LogP contribution in [0.15, 0.2) is 0 Å². The normalized spacial score (nSPS) is 20.1. The Morgan fingerprint density at radius 3 is 2.75 bits per heavy atom. The average molecular weight is 224 g/mol. The number of rotatable bonds is 4. The summed E-state index contributed by atoms with van der Waals surface area (Å²) in [5.74, 6) is 2.45. The first-order valence-corrected chi connectivity index (χ1v) is 5.67. The quantitative estimate of drug-likeness (QED) is 0.548. The van der Waals surface area contributed by atoms with Gasteiger partial charge < -0.3 is 10.1 Å². The van der Waals surface area contributed by atoms with Gasteiger partial charge in [0.15, 0.2) is 0 Å². The molecule has 4 nitrogen and oxygen atoms in total. The topological polar surface area (TPSA) is 41.6 Å². The number of methoxy groups -OCH3 is 1. The van der Waals surface area contributed by atoms with Crippen LogP contribution in [-0.2, 0) is 9.53 Å². The molecule has 0 saturated carbocycles. The van der Waals surface area contributed by atoms with Gasteiger partial charge in [0, 0.05) is 19.1 Å². The second-order valence-corrected chi connectivity index (χ2v) is 4.17. The van der Waals surface area contributed by atoms with Crippen LogP contribution in [0, 0.1) is 12.3 Å². The summed E-state index contributed by atoms with van der Waals surface area (Å²) in [5, 5.41) is 3.28. The zero-order valence-electron chi connectivity index (χ0n) is 10.0. The monoisotopic (exact) mass is 224 g/mol. The lowest BCUT2D eigenvalue weighted by Gasteiger charge is -2.32. The summed E-state index contributed by atoms with van der Waals surface area (Å²) in [4.78, 5) is 13.5. The van der Waals surface area contributed by atoms with Crippen molar-refractivity contribution in [1.29, 1.82) is 0 Å². The zero-order chi connectivity index (χ0) is 12.0. The van der Waals surface area contributed by atoms with E-state index in [2.05, 4.69) is 20.9 Å². The summed E-state index contributed by atoms with van der Waals surface area (Å²) in [6, 6.07) is 0.164. The van der Waals surface area contributed by atoms with Crippen molar-refractivity contribution in [2.75, 3.05) is 26.7 Å². The molecule has 0 aromatic rings. The third kappa shape index (κ3) is 3.84. The first-order chi connectivity index (χ1) is 7.67. The van der Waals surface area contributed by atoms with Crippen LogP contribution in [0.25, 0.3) is 0 Å². The molecule has 0 aromatic heterocycles. The number of nitrogens with zero attached hydrogens (tertiary/aromatic N) is 1. The van der Waals surface area contributed by atoms with Crippen LogP contribution in [0.2, 0.25) is 0 Å². The molecule has 1 saturated heterocycles. The van der Waals surface area contributed by atoms with E-state index in [1.165, 1.54) is 7.11 Å². The summed E-state index contributed by atoms with van der Waals surface area (Å²) < 4.78 is 4.67. The van der Waals surface area contributed by atoms with E-state index in [9.17, 15) is 4.79 Å². The molecule has 4 heteroatoms. The number of hydrogen-bond donors (Lipinski definition) is 1. The molecular weight excluding hydrogens is 204 g/mol. The van der Waals surface area contributed by atoms with Gasteiger partial charge in [-0.15, -0.1) is 6.42 Å². The molecule has 1 atom stereocenters. The Bertz CT molecular complexity index is 265. The Kier molecular flexibility index (Phi) is 5.30. The maximum atomic E-state index is 11.2. The number of carbonyl (C=O) groups is 1. The lowest BCUT2D eigenvalue weighted by atomic mass is 10.0. The minimum Gasteiger partial charge on any atom is -0.468 e. The maximum absolute atomic E-state index is 11.2. The number of likely N-dealkylation sites (tertiary alicyclic amines) is 1. The van der Waals surface area contributed by atoms with E-state index >= 15 is 0 Å². The summed E-state index contributed by atoms with van der Waals surface area (Å²) in [6.45, 7) is 4.55. The van der Waals surface area contributed by atoms with Gasteiger partial charge in [0.2, 0.25) is 0 Å². The van der Waals surface area contributed by atoms with Crippen molar-refractivity contribution in [2.24, 2.45) is 0 Å². The van der Waals surface area contributed by atoms with Crippen molar-refractivity contribution in [3.63, 3.8) is 0 Å². The smallest absolute Gasteiger partial charge is 0.322 e. The number of piperidine rings is 1. The molecule has 90 valence electrons. The van der Waals surface area contributed by atoms with Crippen LogP contribution in [-0.4, -0.2) is 49.7 Å². The largest absolute Gasteiger partial charge is 0.468 e. The summed E-state index contributed by atoms with van der Waals surface area (Å²) in [7, 11) is 1.41. The number of carbonyl (C=O) groups excluding carboxylic acids is 1. The minimum absolute atomic E-state index is 0.203. The second kappa shape index (κ2) is 6.51. The third-order valence-corrected chi connectivity index (χ3v) is 2.94. The van der Waals surface area contributed by atoms with Gasteiger partial charge >= 0.3 is 5.97 Å². The number of nitrogens with one attached hydrogen (secondary N) is 1. The predicted octanol–water partition coefficient (Wildman–Crippen LogP) is 0.235. The van der Waals surface area contributed by atoms with Crippen LogP contribution < -0.4 is 5.32 Å². The van der Waals surface area contributed by atoms with E-state index in [1.54, 1.807) is 0 Å². The van der Waals surface area contributed by atoms with Crippen molar-refractivity contribution in [2.45, 2.75) is 31.8 Å². The van der Waals surface area contributed by atoms with E-state index < -0.39 is 0 Å². The SMILES string of the molecule is C#CCN1CCC(N[C@@H](C)C(=O)OC)CC1. The summed E-state index contributed by atoms with van der Waals surface area (Å²) in [5.41, 5.74) is 0. The molecule has 1 aliphatic rings. The number of ether oxygens (including phenoxy) is 1. The lowest BCUT2D eigenvalue weighted by Crippen LogP contribution is -2.48. The molecule has 16 heavy (non-hydrogen) atoms. The van der Waals surface area contributed by atoms with Crippen molar-refractivity contribution in [3.05, 3.63) is 0 Å². The number of terminal acetylenes is 1. The molecule has 1 rings (SSSR count). The number of esters is 1. The summed E-state index contributed by atoms with van der Waals surface area (Å²) in [6.07, 6.45) is 7.33. The van der Waals surface area contributed by atoms with Gasteiger partial charge in [-0.25, -0.2) is 0 Å². The zero-order valence-corrected chi connectivity index (χ0v) is 10.0. The molecule has 0 aromatic carbocycles. The molecule has 0 amide bonds. The lowest BCUT2D eigenvalue weighted by molar-refractivity contribution is -0.142. The van der Waals surface area contributed by atoms with Gasteiger partial charge in [-0.2, -0.15) is 0 Å². The molecule has 1 fully saturated rings. The fraction of sp³-hybridized carbons (Fsp3) is 0.750. The molecule has 1 aliphatic heterocycles. The van der Waals surface area contributed by atoms with Gasteiger partial charge in [-0.1, -0.05) is 5.92 Å². The third-order valence-electron chi connectivity index (χ3n) is 2.94. The standard InChI is InChI=1S/C12H20N2O2/c1-4-7-14-8-5-11(6-9-14)13-10(2)12(15)16-3/h1,10-11,13H,5-9H2,2-3H3/t10-/m0/s1. The highest BCUT2D eigenvalue weighted by Gasteiger charge is 2.22. The molecule has 1 N–H and O–H groups in total. The Hall–Kier alpha value is -1.05. The molecule has 0 radical (unpaired) electrons. The number of hydrogen-bond acceptors (Lipinski definition) is 4.